The maximum absolute atomic E-state index is 7.07. The van der Waals surface area contributed by atoms with Crippen molar-refractivity contribution in [2.45, 2.75) is 161 Å². The minimum absolute atomic E-state index is 0.0650. The van der Waals surface area contributed by atoms with Gasteiger partial charge in [-0.25, -0.2) is 0 Å². The van der Waals surface area contributed by atoms with Crippen LogP contribution in [-0.2, 0) is 40.8 Å². The third kappa shape index (κ3) is 14.0. The Hall–Kier alpha value is 0.261. The fraction of sp³-hybridized carbons (Fsp3) is 0.879. The molecule has 3 rings (SSSR count). The van der Waals surface area contributed by atoms with Gasteiger partial charge in [0.05, 0.1) is 31.5 Å². The van der Waals surface area contributed by atoms with Gasteiger partial charge in [-0.2, -0.15) is 0 Å². The van der Waals surface area contributed by atoms with Crippen molar-refractivity contribution in [1.82, 2.24) is 0 Å². The summed E-state index contributed by atoms with van der Waals surface area (Å²) < 4.78 is 61.2. The van der Waals surface area contributed by atoms with E-state index >= 15 is 0 Å². The summed E-state index contributed by atoms with van der Waals surface area (Å²) in [5.41, 5.74) is 1.16. The van der Waals surface area contributed by atoms with Gasteiger partial charge in [-0.15, -0.1) is 0 Å². The molecule has 2 aliphatic heterocycles. The lowest BCUT2D eigenvalue weighted by Gasteiger charge is -2.51. The van der Waals surface area contributed by atoms with E-state index in [1.54, 1.807) is 6.26 Å². The predicted molar refractivity (Wildman–Crippen MR) is 210 cm³/mol. The molecule has 0 saturated carbocycles. The summed E-state index contributed by atoms with van der Waals surface area (Å²) in [5, 5.41) is 0. The zero-order chi connectivity index (χ0) is 36.7. The molecule has 0 aromatic heterocycles. The Morgan fingerprint density at radius 2 is 1.06 bits per heavy atom. The SMILES string of the molecule is C[Si](C)(C)OCC1=CC(O[Si](C)(C)C)C2C=COC(OC3OC(CO[Si](C)(C)C)C(O[Si](C)(C)C)C(O[Si](C)(C)C)C3O[Si](C)(C)C)C12. The molecule has 0 spiro atoms. The highest BCUT2D eigenvalue weighted by Gasteiger charge is 2.55. The Morgan fingerprint density at radius 1 is 0.562 bits per heavy atom. The number of fused-ring (bicyclic) bond motifs is 1. The van der Waals surface area contributed by atoms with E-state index in [1.807, 2.05) is 0 Å². The highest BCUT2D eigenvalue weighted by molar-refractivity contribution is 6.71. The van der Waals surface area contributed by atoms with Gasteiger partial charge < -0.3 is 40.8 Å². The summed E-state index contributed by atoms with van der Waals surface area (Å²) in [5.74, 6) is -0.0217. The van der Waals surface area contributed by atoms with Crippen LogP contribution in [0.5, 0.6) is 0 Å². The van der Waals surface area contributed by atoms with Crippen LogP contribution >= 0.6 is 0 Å². The summed E-state index contributed by atoms with van der Waals surface area (Å²) in [6.07, 6.45) is 3.06. The van der Waals surface area contributed by atoms with Gasteiger partial charge in [0, 0.05) is 5.92 Å². The number of hydrogen-bond acceptors (Lipinski definition) is 9. The van der Waals surface area contributed by atoms with Gasteiger partial charge in [-0.05, 0) is 129 Å². The summed E-state index contributed by atoms with van der Waals surface area (Å²) in [6.45, 7) is 40.8. The predicted octanol–water partition coefficient (Wildman–Crippen LogP) is 8.35. The van der Waals surface area contributed by atoms with E-state index in [1.165, 1.54) is 0 Å². The van der Waals surface area contributed by atoms with Gasteiger partial charge in [0.15, 0.2) is 56.2 Å². The zero-order valence-corrected chi connectivity index (χ0v) is 39.5. The average Bonchev–Trinajstić information content (AvgIpc) is 3.19. The van der Waals surface area contributed by atoms with Crippen molar-refractivity contribution in [3.8, 4) is 0 Å². The molecule has 1 fully saturated rings. The van der Waals surface area contributed by atoms with Crippen LogP contribution in [0.25, 0.3) is 0 Å². The molecule has 0 radical (unpaired) electrons. The largest absolute Gasteiger partial charge is 0.472 e. The van der Waals surface area contributed by atoms with E-state index in [2.05, 4.69) is 130 Å². The smallest absolute Gasteiger partial charge is 0.209 e. The maximum atomic E-state index is 7.07. The monoisotopic (exact) mass is 778 g/mol. The fourth-order valence-electron chi connectivity index (χ4n) is 6.06. The van der Waals surface area contributed by atoms with Crippen molar-refractivity contribution in [3.05, 3.63) is 24.0 Å². The molecular formula is C33H70O9Si6. The Bertz CT molecular complexity index is 1110. The normalized spacial score (nSPS) is 32.2. The highest BCUT2D eigenvalue weighted by Crippen LogP contribution is 2.44. The van der Waals surface area contributed by atoms with Crippen molar-refractivity contribution in [2.24, 2.45) is 11.8 Å². The second-order valence-electron chi connectivity index (χ2n) is 19.5. The minimum atomic E-state index is -2.13. The second kappa shape index (κ2) is 15.7. The molecule has 1 aliphatic carbocycles. The Kier molecular flexibility index (Phi) is 14.0. The fourth-order valence-corrected chi connectivity index (χ4v) is 11.6. The minimum Gasteiger partial charge on any atom is -0.472 e. The lowest BCUT2D eigenvalue weighted by atomic mass is 9.88. The van der Waals surface area contributed by atoms with Gasteiger partial charge in [0.1, 0.15) is 24.4 Å². The van der Waals surface area contributed by atoms with Crippen LogP contribution < -0.4 is 0 Å². The van der Waals surface area contributed by atoms with Crippen LogP contribution in [0.4, 0.5) is 0 Å². The van der Waals surface area contributed by atoms with Crippen molar-refractivity contribution in [1.29, 1.82) is 0 Å². The average molecular weight is 779 g/mol. The molecule has 0 aromatic carbocycles. The van der Waals surface area contributed by atoms with Crippen molar-refractivity contribution < 1.29 is 40.8 Å². The van der Waals surface area contributed by atoms with E-state index < -0.39 is 80.8 Å². The van der Waals surface area contributed by atoms with E-state index in [9.17, 15) is 0 Å². The van der Waals surface area contributed by atoms with Gasteiger partial charge in [-0.1, -0.05) is 6.08 Å². The van der Waals surface area contributed by atoms with E-state index in [-0.39, 0.29) is 24.0 Å². The zero-order valence-electron chi connectivity index (χ0n) is 33.5. The first-order valence-electron chi connectivity index (χ1n) is 17.8. The lowest BCUT2D eigenvalue weighted by Crippen LogP contribution is -2.67. The summed E-state index contributed by atoms with van der Waals surface area (Å²) in [7, 11) is -11.8. The maximum Gasteiger partial charge on any atom is 0.209 e. The van der Waals surface area contributed by atoms with Gasteiger partial charge >= 0.3 is 0 Å². The third-order valence-corrected chi connectivity index (χ3v) is 13.5. The Balaban J connectivity index is 2.08. The molecule has 280 valence electrons. The molecule has 9 unspecified atom stereocenters. The van der Waals surface area contributed by atoms with Crippen LogP contribution in [0.2, 0.25) is 118 Å². The Morgan fingerprint density at radius 3 is 1.56 bits per heavy atom. The molecule has 48 heavy (non-hydrogen) atoms. The number of rotatable bonds is 16. The van der Waals surface area contributed by atoms with Gasteiger partial charge in [0.25, 0.3) is 0 Å². The number of hydrogen-bond donors (Lipinski definition) is 0. The van der Waals surface area contributed by atoms with Gasteiger partial charge in [0.2, 0.25) is 6.29 Å². The molecule has 0 amide bonds. The van der Waals surface area contributed by atoms with Crippen LogP contribution in [0, 0.1) is 11.8 Å². The van der Waals surface area contributed by atoms with E-state index in [0.29, 0.717) is 13.2 Å². The first-order chi connectivity index (χ1) is 21.5. The molecule has 3 aliphatic rings. The van der Waals surface area contributed by atoms with E-state index in [0.717, 1.165) is 5.57 Å². The standard InChI is InChI=1S/C33H70O9Si6/c1-43(2,3)35-22-24-21-26(39-45(7,8)9)25-19-20-34-32(28(24)25)38-33-31(42-48(16,17)18)30(41-47(13,14)15)29(40-46(10,11)12)27(37-33)23-36-44(4,5)6/h19-21,25-33H,22-23H2,1-18H3. The first-order valence-corrected chi connectivity index (χ1v) is 38.3. The summed E-state index contributed by atoms with van der Waals surface area (Å²) in [4.78, 5) is 0. The van der Waals surface area contributed by atoms with Crippen molar-refractivity contribution in [2.75, 3.05) is 13.2 Å². The number of ether oxygens (including phenoxy) is 3. The molecule has 0 aromatic rings. The van der Waals surface area contributed by atoms with Gasteiger partial charge in [-0.3, -0.25) is 0 Å². The molecule has 15 heteroatoms. The van der Waals surface area contributed by atoms with Crippen molar-refractivity contribution in [3.63, 3.8) is 0 Å². The van der Waals surface area contributed by atoms with Crippen molar-refractivity contribution >= 4 is 49.9 Å². The molecule has 9 atom stereocenters. The van der Waals surface area contributed by atoms with Crippen LogP contribution in [-0.4, -0.2) is 106 Å². The van der Waals surface area contributed by atoms with Crippen LogP contribution in [0.3, 0.4) is 0 Å². The Labute approximate surface area is 299 Å². The van der Waals surface area contributed by atoms with E-state index in [4.69, 9.17) is 40.8 Å². The molecular weight excluding hydrogens is 709 g/mol. The highest BCUT2D eigenvalue weighted by atomic mass is 28.4. The molecule has 9 nitrogen and oxygen atoms in total. The topological polar surface area (TPSA) is 83.1 Å². The molecule has 0 bridgehead atoms. The summed E-state index contributed by atoms with van der Waals surface area (Å²) >= 11 is 0. The van der Waals surface area contributed by atoms with Crippen LogP contribution in [0.1, 0.15) is 0 Å². The second-order valence-corrected chi connectivity index (χ2v) is 46.3. The molecule has 1 saturated heterocycles. The quantitative estimate of drug-likeness (QED) is 0.113. The molecule has 0 N–H and O–H groups in total. The van der Waals surface area contributed by atoms with Crippen LogP contribution in [0.15, 0.2) is 24.0 Å². The lowest BCUT2D eigenvalue weighted by molar-refractivity contribution is -0.332. The first kappa shape index (κ1) is 42.7. The summed E-state index contributed by atoms with van der Waals surface area (Å²) in [6, 6.07) is 0. The molecule has 2 heterocycles. The third-order valence-electron chi connectivity index (χ3n) is 7.58.